The van der Waals surface area contributed by atoms with Gasteiger partial charge in [0.2, 0.25) is 0 Å². The number of likely N-dealkylation sites (N-methyl/N-ethyl adjacent to an activating group) is 1. The predicted molar refractivity (Wildman–Crippen MR) is 130 cm³/mol. The number of unbranched alkanes of at least 4 members (excludes halogenated alkanes) is 3. The van der Waals surface area contributed by atoms with Crippen molar-refractivity contribution < 1.29 is 19.8 Å². The second kappa shape index (κ2) is 13.6. The van der Waals surface area contributed by atoms with Crippen LogP contribution in [0.15, 0.2) is 41.1 Å². The number of aromatic nitrogens is 1. The molecule has 0 aromatic carbocycles. The molecule has 3 heterocycles. The Balaban J connectivity index is 0.000000390. The number of carbonyl (C=O) groups is 2. The Morgan fingerprint density at radius 2 is 1.72 bits per heavy atom. The van der Waals surface area contributed by atoms with Gasteiger partial charge in [0, 0.05) is 44.0 Å². The van der Waals surface area contributed by atoms with Gasteiger partial charge >= 0.3 is 11.9 Å². The third kappa shape index (κ3) is 9.20. The number of thiophene rings is 1. The number of hydrogen-bond acceptors (Lipinski definition) is 6. The molecule has 0 aliphatic carbocycles. The van der Waals surface area contributed by atoms with Gasteiger partial charge in [-0.25, -0.2) is 14.6 Å². The van der Waals surface area contributed by atoms with Gasteiger partial charge in [0.15, 0.2) is 0 Å². The van der Waals surface area contributed by atoms with E-state index < -0.39 is 11.9 Å². The second-order valence-corrected chi connectivity index (χ2v) is 8.61. The number of carboxylic acid groups (broad SMARTS) is 2. The van der Waals surface area contributed by atoms with Crippen LogP contribution in [0.25, 0.3) is 11.1 Å². The second-order valence-electron chi connectivity index (χ2n) is 7.83. The molecule has 174 valence electrons. The van der Waals surface area contributed by atoms with Crippen molar-refractivity contribution >= 4 is 29.1 Å². The quantitative estimate of drug-likeness (QED) is 0.424. The summed E-state index contributed by atoms with van der Waals surface area (Å²) in [6.07, 6.45) is 7.38. The normalized spacial score (nSPS) is 14.2. The van der Waals surface area contributed by atoms with E-state index >= 15 is 0 Å². The summed E-state index contributed by atoms with van der Waals surface area (Å²) < 4.78 is 0. The van der Waals surface area contributed by atoms with Gasteiger partial charge in [-0.3, -0.25) is 0 Å². The lowest BCUT2D eigenvalue weighted by molar-refractivity contribution is -0.134. The Hall–Kier alpha value is -2.71. The molecule has 1 saturated heterocycles. The van der Waals surface area contributed by atoms with Crippen molar-refractivity contribution in [3.63, 3.8) is 0 Å². The molecule has 2 aromatic rings. The number of nitrogens with zero attached hydrogens (tertiary/aromatic N) is 3. The van der Waals surface area contributed by atoms with Crippen LogP contribution < -0.4 is 4.90 Å². The summed E-state index contributed by atoms with van der Waals surface area (Å²) in [6.45, 7) is 6.66. The number of carboxylic acids is 2. The number of aliphatic carboxylic acids is 2. The summed E-state index contributed by atoms with van der Waals surface area (Å²) >= 11 is 1.77. The first-order valence-electron chi connectivity index (χ1n) is 11.0. The maximum Gasteiger partial charge on any atom is 0.328 e. The van der Waals surface area contributed by atoms with Gasteiger partial charge in [0.05, 0.1) is 0 Å². The highest BCUT2D eigenvalue weighted by Gasteiger charge is 2.17. The van der Waals surface area contributed by atoms with E-state index in [2.05, 4.69) is 52.7 Å². The van der Waals surface area contributed by atoms with E-state index in [0.717, 1.165) is 38.4 Å². The molecular weight excluding hydrogens is 426 g/mol. The topological polar surface area (TPSA) is 94.0 Å². The number of rotatable bonds is 9. The summed E-state index contributed by atoms with van der Waals surface area (Å²) in [5, 5.41) is 20.0. The molecule has 0 amide bonds. The molecule has 0 saturated carbocycles. The van der Waals surface area contributed by atoms with Crippen molar-refractivity contribution in [2.75, 3.05) is 38.1 Å². The summed E-state index contributed by atoms with van der Waals surface area (Å²) in [7, 11) is 2.20. The van der Waals surface area contributed by atoms with Gasteiger partial charge in [0.25, 0.3) is 0 Å². The predicted octanol–water partition coefficient (Wildman–Crippen LogP) is 4.40. The molecule has 3 rings (SSSR count). The molecule has 2 aromatic heterocycles. The van der Waals surface area contributed by atoms with Crippen LogP contribution in [0.5, 0.6) is 0 Å². The van der Waals surface area contributed by atoms with Gasteiger partial charge in [-0.1, -0.05) is 26.2 Å². The molecule has 1 fully saturated rings. The Morgan fingerprint density at radius 3 is 2.28 bits per heavy atom. The zero-order valence-electron chi connectivity index (χ0n) is 18.9. The van der Waals surface area contributed by atoms with Gasteiger partial charge < -0.3 is 20.0 Å². The van der Waals surface area contributed by atoms with Gasteiger partial charge in [-0.05, 0) is 60.0 Å². The van der Waals surface area contributed by atoms with Crippen molar-refractivity contribution in [3.05, 3.63) is 46.8 Å². The van der Waals surface area contributed by atoms with Crippen LogP contribution in [0.1, 0.15) is 38.3 Å². The number of piperazine rings is 1. The van der Waals surface area contributed by atoms with Crippen LogP contribution in [0.3, 0.4) is 0 Å². The van der Waals surface area contributed by atoms with Crippen LogP contribution in [-0.4, -0.2) is 65.3 Å². The fraction of sp³-hybridized carbons (Fsp3) is 0.458. The smallest absolute Gasteiger partial charge is 0.328 e. The first kappa shape index (κ1) is 25.5. The summed E-state index contributed by atoms with van der Waals surface area (Å²) in [6, 6.07) is 6.80. The number of hydrogen-bond donors (Lipinski definition) is 2. The molecule has 0 spiro atoms. The van der Waals surface area contributed by atoms with Crippen LogP contribution in [0.2, 0.25) is 0 Å². The van der Waals surface area contributed by atoms with Crippen molar-refractivity contribution in [3.8, 4) is 11.1 Å². The van der Waals surface area contributed by atoms with Crippen LogP contribution in [-0.2, 0) is 16.0 Å². The lowest BCUT2D eigenvalue weighted by Gasteiger charge is -2.33. The summed E-state index contributed by atoms with van der Waals surface area (Å²) in [5.41, 5.74) is 3.90. The lowest BCUT2D eigenvalue weighted by atomic mass is 10.1. The average Bonchev–Trinajstić information content (AvgIpc) is 3.31. The Labute approximate surface area is 194 Å². The molecule has 0 atom stereocenters. The maximum absolute atomic E-state index is 9.55. The number of aryl methyl sites for hydroxylation is 1. The fourth-order valence-corrected chi connectivity index (χ4v) is 4.03. The first-order chi connectivity index (χ1) is 15.4. The minimum absolute atomic E-state index is 0.558. The average molecular weight is 460 g/mol. The Kier molecular flexibility index (Phi) is 10.9. The largest absolute Gasteiger partial charge is 0.478 e. The lowest BCUT2D eigenvalue weighted by Crippen LogP contribution is -2.44. The minimum Gasteiger partial charge on any atom is -0.478 e. The molecule has 0 unspecified atom stereocenters. The molecule has 7 nitrogen and oxygen atoms in total. The maximum atomic E-state index is 9.55. The third-order valence-electron chi connectivity index (χ3n) is 5.20. The van der Waals surface area contributed by atoms with Gasteiger partial charge in [0.1, 0.15) is 5.82 Å². The zero-order chi connectivity index (χ0) is 23.3. The zero-order valence-corrected chi connectivity index (χ0v) is 19.7. The van der Waals surface area contributed by atoms with Gasteiger partial charge in [-0.15, -0.1) is 0 Å². The molecular formula is C24H33N3O4S. The highest BCUT2D eigenvalue weighted by molar-refractivity contribution is 7.08. The number of anilines is 1. The van der Waals surface area contributed by atoms with Crippen molar-refractivity contribution in [2.24, 2.45) is 0 Å². The summed E-state index contributed by atoms with van der Waals surface area (Å²) in [5.74, 6) is -1.35. The van der Waals surface area contributed by atoms with E-state index in [1.807, 2.05) is 0 Å². The fourth-order valence-electron chi connectivity index (χ4n) is 3.37. The molecule has 2 N–H and O–H groups in total. The SMILES string of the molecule is CCCCCCc1cc(-c2ccsc2)cc(N2CCN(C)CC2)n1.O=C(O)C=CC(=O)O. The van der Waals surface area contributed by atoms with E-state index in [0.29, 0.717) is 12.2 Å². The van der Waals surface area contributed by atoms with E-state index in [4.69, 9.17) is 15.2 Å². The van der Waals surface area contributed by atoms with E-state index in [1.54, 1.807) is 11.3 Å². The molecule has 0 bridgehead atoms. The highest BCUT2D eigenvalue weighted by Crippen LogP contribution is 2.27. The molecule has 1 aliphatic heterocycles. The van der Waals surface area contributed by atoms with Crippen LogP contribution >= 0.6 is 11.3 Å². The van der Waals surface area contributed by atoms with E-state index in [-0.39, 0.29) is 0 Å². The number of pyridine rings is 1. The Bertz CT molecular complexity index is 859. The molecule has 32 heavy (non-hydrogen) atoms. The Morgan fingerprint density at radius 1 is 1.03 bits per heavy atom. The monoisotopic (exact) mass is 459 g/mol. The minimum atomic E-state index is -1.26. The van der Waals surface area contributed by atoms with Crippen LogP contribution in [0, 0.1) is 0 Å². The van der Waals surface area contributed by atoms with Crippen molar-refractivity contribution in [2.45, 2.75) is 39.0 Å². The van der Waals surface area contributed by atoms with E-state index in [1.165, 1.54) is 42.5 Å². The first-order valence-corrected chi connectivity index (χ1v) is 11.9. The van der Waals surface area contributed by atoms with Crippen molar-refractivity contribution in [1.82, 2.24) is 9.88 Å². The standard InChI is InChI=1S/C20H29N3S.C4H4O4/c1-3-4-5-6-7-19-14-18(17-8-13-24-16-17)15-20(21-19)23-11-9-22(2)10-12-23;5-3(6)1-2-4(7)8/h8,13-16H,3-7,9-12H2,1-2H3;1-2H,(H,5,6)(H,7,8). The molecule has 1 aliphatic rings. The van der Waals surface area contributed by atoms with Crippen LogP contribution in [0.4, 0.5) is 5.82 Å². The molecule has 0 radical (unpaired) electrons. The third-order valence-corrected chi connectivity index (χ3v) is 5.88. The molecule has 8 heteroatoms. The van der Waals surface area contributed by atoms with Gasteiger partial charge in [-0.2, -0.15) is 11.3 Å². The summed E-state index contributed by atoms with van der Waals surface area (Å²) in [4.78, 5) is 29.0. The van der Waals surface area contributed by atoms with Crippen molar-refractivity contribution in [1.29, 1.82) is 0 Å². The highest BCUT2D eigenvalue weighted by atomic mass is 32.1. The van der Waals surface area contributed by atoms with E-state index in [9.17, 15) is 9.59 Å².